The molecular formula is C15H12BF6NO3. The van der Waals surface area contributed by atoms with Crippen LogP contribution in [0.15, 0.2) is 18.2 Å². The minimum atomic E-state index is -4.72. The Bertz CT molecular complexity index is 813. The van der Waals surface area contributed by atoms with E-state index in [1.54, 1.807) is 0 Å². The molecule has 0 aromatic heterocycles. The molecule has 1 amide bonds. The molecule has 4 nitrogen and oxygen atoms in total. The van der Waals surface area contributed by atoms with E-state index in [-0.39, 0.29) is 11.3 Å². The largest absolute Gasteiger partial charge is 0.498 e. The summed E-state index contributed by atoms with van der Waals surface area (Å²) < 4.78 is 81.2. The molecule has 0 saturated heterocycles. The van der Waals surface area contributed by atoms with Gasteiger partial charge in [-0.3, -0.25) is 4.79 Å². The Morgan fingerprint density at radius 1 is 1.23 bits per heavy atom. The highest BCUT2D eigenvalue weighted by Crippen LogP contribution is 2.65. The van der Waals surface area contributed by atoms with Crippen molar-refractivity contribution in [1.82, 2.24) is 0 Å². The first-order valence-electron chi connectivity index (χ1n) is 7.81. The monoisotopic (exact) mass is 379 g/mol. The van der Waals surface area contributed by atoms with E-state index in [1.807, 2.05) is 0 Å². The Labute approximate surface area is 143 Å². The third kappa shape index (κ3) is 1.93. The molecule has 2 aliphatic carbocycles. The van der Waals surface area contributed by atoms with E-state index in [4.69, 9.17) is 10.0 Å². The number of benzene rings is 1. The van der Waals surface area contributed by atoms with Crippen LogP contribution in [0.4, 0.5) is 32.0 Å². The van der Waals surface area contributed by atoms with Crippen molar-refractivity contribution < 1.29 is 41.2 Å². The van der Waals surface area contributed by atoms with E-state index < -0.39 is 54.1 Å². The van der Waals surface area contributed by atoms with Gasteiger partial charge in [-0.15, -0.1) is 0 Å². The number of halogens is 6. The molecule has 1 aromatic carbocycles. The number of nitrogens with zero attached hydrogens (tertiary/aromatic N) is 1. The summed E-state index contributed by atoms with van der Waals surface area (Å²) in [7, 11) is -2.95. The molecule has 4 rings (SSSR count). The summed E-state index contributed by atoms with van der Waals surface area (Å²) >= 11 is 0. The third-order valence-corrected chi connectivity index (χ3v) is 5.53. The van der Waals surface area contributed by atoms with Gasteiger partial charge >= 0.3 is 13.3 Å². The van der Waals surface area contributed by atoms with Crippen molar-refractivity contribution in [3.8, 4) is 0 Å². The highest BCUT2D eigenvalue weighted by molar-refractivity contribution is 6.48. The second kappa shape index (κ2) is 4.75. The lowest BCUT2D eigenvalue weighted by molar-refractivity contribution is -0.132. The summed E-state index contributed by atoms with van der Waals surface area (Å²) in [6.45, 7) is -1.61. The quantitative estimate of drug-likeness (QED) is 0.623. The number of hydrogen-bond acceptors (Lipinski definition) is 3. The number of alkyl halides is 6. The fourth-order valence-electron chi connectivity index (χ4n) is 3.88. The predicted molar refractivity (Wildman–Crippen MR) is 77.5 cm³/mol. The number of anilines is 1. The van der Waals surface area contributed by atoms with Gasteiger partial charge in [0.05, 0.1) is 5.41 Å². The van der Waals surface area contributed by atoms with Gasteiger partial charge in [0, 0.05) is 5.69 Å². The standard InChI is InChI=1S/C15H12BF6NO3/c17-10-14(21,15(10,22)16(25)26)7-1-2-8-9(5-7)23(6-13(18,19)20)11(24)12(8)3-4-12/h1-2,5,10,25-26H,3-4,6H2/t10?,14-,15-/m0/s1. The molecule has 11 heteroatoms. The Hall–Kier alpha value is -1.75. The molecule has 3 atom stereocenters. The lowest BCUT2D eigenvalue weighted by Crippen LogP contribution is -2.39. The van der Waals surface area contributed by atoms with Gasteiger partial charge in [0.1, 0.15) is 6.54 Å². The van der Waals surface area contributed by atoms with Crippen molar-refractivity contribution in [2.75, 3.05) is 11.4 Å². The van der Waals surface area contributed by atoms with Crippen LogP contribution in [-0.2, 0) is 15.9 Å². The average Bonchev–Trinajstić information content (AvgIpc) is 3.42. The third-order valence-electron chi connectivity index (χ3n) is 5.53. The zero-order valence-corrected chi connectivity index (χ0v) is 13.0. The Morgan fingerprint density at radius 3 is 2.31 bits per heavy atom. The number of carbonyl (C=O) groups excluding carboxylic acids is 1. The van der Waals surface area contributed by atoms with Crippen molar-refractivity contribution in [1.29, 1.82) is 0 Å². The second-order valence-corrected chi connectivity index (χ2v) is 7.04. The molecule has 3 aliphatic rings. The number of carbonyl (C=O) groups is 1. The van der Waals surface area contributed by atoms with Crippen molar-refractivity contribution in [3.63, 3.8) is 0 Å². The first kappa shape index (κ1) is 17.7. The minimum absolute atomic E-state index is 0.254. The first-order chi connectivity index (χ1) is 11.9. The van der Waals surface area contributed by atoms with Gasteiger partial charge in [-0.2, -0.15) is 13.2 Å². The lowest BCUT2D eigenvalue weighted by Gasteiger charge is -2.20. The van der Waals surface area contributed by atoms with Crippen molar-refractivity contribution >= 4 is 18.7 Å². The van der Waals surface area contributed by atoms with Crippen molar-refractivity contribution in [2.24, 2.45) is 0 Å². The van der Waals surface area contributed by atoms with E-state index in [9.17, 15) is 31.1 Å². The molecule has 0 bridgehead atoms. The van der Waals surface area contributed by atoms with Crippen LogP contribution in [0, 0.1) is 0 Å². The van der Waals surface area contributed by atoms with Crippen LogP contribution in [0.3, 0.4) is 0 Å². The predicted octanol–water partition coefficient (Wildman–Crippen LogP) is 1.86. The molecule has 140 valence electrons. The van der Waals surface area contributed by atoms with Gasteiger partial charge in [0.2, 0.25) is 17.1 Å². The topological polar surface area (TPSA) is 60.8 Å². The highest BCUT2D eigenvalue weighted by Gasteiger charge is 2.88. The van der Waals surface area contributed by atoms with Gasteiger partial charge in [-0.1, -0.05) is 12.1 Å². The van der Waals surface area contributed by atoms with Crippen LogP contribution in [0.1, 0.15) is 24.0 Å². The Balaban J connectivity index is 1.79. The minimum Gasteiger partial charge on any atom is -0.425 e. The van der Waals surface area contributed by atoms with Gasteiger partial charge < -0.3 is 14.9 Å². The lowest BCUT2D eigenvalue weighted by atomic mass is 9.77. The average molecular weight is 379 g/mol. The fourth-order valence-corrected chi connectivity index (χ4v) is 3.88. The smallest absolute Gasteiger partial charge is 0.425 e. The van der Waals surface area contributed by atoms with Gasteiger partial charge in [-0.05, 0) is 30.0 Å². The van der Waals surface area contributed by atoms with Crippen LogP contribution >= 0.6 is 0 Å². The van der Waals surface area contributed by atoms with E-state index in [2.05, 4.69) is 0 Å². The molecule has 1 aromatic rings. The summed E-state index contributed by atoms with van der Waals surface area (Å²) in [6.07, 6.45) is -6.94. The maximum absolute atomic E-state index is 14.8. The van der Waals surface area contributed by atoms with Crippen LogP contribution in [0.25, 0.3) is 0 Å². The van der Waals surface area contributed by atoms with Gasteiger partial charge in [0.25, 0.3) is 0 Å². The zero-order valence-electron chi connectivity index (χ0n) is 13.0. The molecule has 26 heavy (non-hydrogen) atoms. The number of amides is 1. The number of hydrogen-bond donors (Lipinski definition) is 2. The van der Waals surface area contributed by atoms with E-state index in [0.717, 1.165) is 12.1 Å². The van der Waals surface area contributed by atoms with Gasteiger partial charge in [0.15, 0.2) is 6.17 Å². The van der Waals surface area contributed by atoms with Crippen LogP contribution < -0.4 is 4.90 Å². The molecule has 1 heterocycles. The summed E-state index contributed by atoms with van der Waals surface area (Å²) in [6, 6.07) is 2.95. The highest BCUT2D eigenvalue weighted by atomic mass is 19.4. The molecule has 2 N–H and O–H groups in total. The van der Waals surface area contributed by atoms with Crippen LogP contribution in [-0.4, -0.2) is 47.5 Å². The molecular weight excluding hydrogens is 367 g/mol. The Kier molecular flexibility index (Phi) is 3.22. The van der Waals surface area contributed by atoms with Crippen molar-refractivity contribution in [3.05, 3.63) is 29.3 Å². The van der Waals surface area contributed by atoms with Crippen molar-refractivity contribution in [2.45, 2.75) is 41.8 Å². The van der Waals surface area contributed by atoms with E-state index in [1.165, 1.54) is 6.07 Å². The normalized spacial score (nSPS) is 34.2. The maximum atomic E-state index is 14.8. The second-order valence-electron chi connectivity index (χ2n) is 7.04. The maximum Gasteiger partial charge on any atom is 0.498 e. The van der Waals surface area contributed by atoms with E-state index >= 15 is 0 Å². The van der Waals surface area contributed by atoms with Gasteiger partial charge in [-0.25, -0.2) is 13.2 Å². The van der Waals surface area contributed by atoms with Crippen LogP contribution in [0.5, 0.6) is 0 Å². The molecule has 2 saturated carbocycles. The number of rotatable bonds is 3. The molecule has 1 aliphatic heterocycles. The molecule has 1 unspecified atom stereocenters. The SMILES string of the molecule is O=C1N(CC(F)(F)F)c2cc([C@]3(F)C(F)[C@@]3(F)B(O)O)ccc2C12CC2. The fraction of sp³-hybridized carbons (Fsp3) is 0.533. The first-order valence-corrected chi connectivity index (χ1v) is 7.81. The summed E-state index contributed by atoms with van der Waals surface area (Å²) in [5.41, 5.74) is -8.81. The van der Waals surface area contributed by atoms with E-state index in [0.29, 0.717) is 17.7 Å². The molecule has 1 spiro atoms. The Morgan fingerprint density at radius 2 is 1.85 bits per heavy atom. The molecule has 0 radical (unpaired) electrons. The summed E-state index contributed by atoms with van der Waals surface area (Å²) in [5, 5.41) is 17.9. The summed E-state index contributed by atoms with van der Waals surface area (Å²) in [5.74, 6) is -0.781. The van der Waals surface area contributed by atoms with Crippen LogP contribution in [0.2, 0.25) is 0 Å². The zero-order chi connectivity index (χ0) is 19.3. The summed E-state index contributed by atoms with van der Waals surface area (Å²) in [4.78, 5) is 12.8. The molecule has 2 fully saturated rings. The number of fused-ring (bicyclic) bond motifs is 2.